The van der Waals surface area contributed by atoms with E-state index in [1.54, 1.807) is 6.20 Å². The van der Waals surface area contributed by atoms with Crippen molar-refractivity contribution in [1.82, 2.24) is 10.2 Å². The fourth-order valence-electron chi connectivity index (χ4n) is 1.34. The molecular weight excluding hydrogens is 178 g/mol. The monoisotopic (exact) mass is 195 g/mol. The van der Waals surface area contributed by atoms with Crippen molar-refractivity contribution >= 4 is 5.82 Å². The maximum absolute atomic E-state index is 9.13. The van der Waals surface area contributed by atoms with E-state index in [0.717, 1.165) is 6.42 Å². The Balaban J connectivity index is 2.48. The van der Waals surface area contributed by atoms with Gasteiger partial charge in [-0.1, -0.05) is 13.8 Å². The van der Waals surface area contributed by atoms with Crippen LogP contribution >= 0.6 is 0 Å². The van der Waals surface area contributed by atoms with Crippen LogP contribution in [0.2, 0.25) is 0 Å². The van der Waals surface area contributed by atoms with Crippen LogP contribution in [0.25, 0.3) is 0 Å². The molecule has 0 fully saturated rings. The van der Waals surface area contributed by atoms with Gasteiger partial charge in [-0.05, 0) is 24.5 Å². The van der Waals surface area contributed by atoms with Crippen molar-refractivity contribution in [3.05, 3.63) is 18.3 Å². The van der Waals surface area contributed by atoms with Gasteiger partial charge in [0.15, 0.2) is 0 Å². The fraction of sp³-hybridized carbons (Fsp3) is 0.600. The van der Waals surface area contributed by atoms with Crippen LogP contribution in [0.3, 0.4) is 0 Å². The largest absolute Gasteiger partial charge is 0.394 e. The predicted octanol–water partition coefficient (Wildman–Crippen LogP) is 1.30. The van der Waals surface area contributed by atoms with Gasteiger partial charge in [-0.25, -0.2) is 0 Å². The zero-order chi connectivity index (χ0) is 10.4. The number of aliphatic hydroxyl groups excluding tert-OH is 1. The number of nitrogens with zero attached hydrogens (tertiary/aromatic N) is 2. The van der Waals surface area contributed by atoms with Crippen molar-refractivity contribution in [2.45, 2.75) is 26.3 Å². The van der Waals surface area contributed by atoms with Crippen molar-refractivity contribution in [3.63, 3.8) is 0 Å². The number of aliphatic hydroxyl groups is 1. The molecule has 0 aliphatic carbocycles. The number of hydrogen-bond donors (Lipinski definition) is 2. The molecule has 0 saturated heterocycles. The number of rotatable bonds is 5. The molecule has 0 aliphatic heterocycles. The first-order chi connectivity index (χ1) is 6.72. The lowest BCUT2D eigenvalue weighted by molar-refractivity contribution is 0.259. The highest BCUT2D eigenvalue weighted by atomic mass is 16.3. The Morgan fingerprint density at radius 2 is 2.29 bits per heavy atom. The van der Waals surface area contributed by atoms with Gasteiger partial charge in [-0.3, -0.25) is 0 Å². The Labute approximate surface area is 84.4 Å². The van der Waals surface area contributed by atoms with Gasteiger partial charge >= 0.3 is 0 Å². The highest BCUT2D eigenvalue weighted by molar-refractivity contribution is 5.32. The van der Waals surface area contributed by atoms with Crippen molar-refractivity contribution in [2.24, 2.45) is 5.92 Å². The van der Waals surface area contributed by atoms with E-state index in [-0.39, 0.29) is 12.6 Å². The Kier molecular flexibility index (Phi) is 4.32. The van der Waals surface area contributed by atoms with Crippen LogP contribution in [0.15, 0.2) is 18.3 Å². The summed E-state index contributed by atoms with van der Waals surface area (Å²) in [5.74, 6) is 1.27. The molecule has 1 rings (SSSR count). The summed E-state index contributed by atoms with van der Waals surface area (Å²) in [6, 6.07) is 3.72. The highest BCUT2D eigenvalue weighted by Crippen LogP contribution is 2.09. The maximum atomic E-state index is 9.13. The second kappa shape index (κ2) is 5.54. The second-order valence-electron chi connectivity index (χ2n) is 3.76. The lowest BCUT2D eigenvalue weighted by Gasteiger charge is -2.18. The molecule has 0 aromatic carbocycles. The van der Waals surface area contributed by atoms with E-state index in [0.29, 0.717) is 11.7 Å². The molecule has 0 aliphatic rings. The standard InChI is InChI=1S/C10H17N3O/c1-8(2)6-9(7-14)12-10-4-3-5-11-13-10/h3-5,8-9,14H,6-7H2,1-2H3,(H,12,13). The van der Waals surface area contributed by atoms with Gasteiger partial charge in [-0.15, -0.1) is 5.10 Å². The minimum absolute atomic E-state index is 0.0618. The minimum atomic E-state index is 0.0618. The summed E-state index contributed by atoms with van der Waals surface area (Å²) < 4.78 is 0. The molecule has 14 heavy (non-hydrogen) atoms. The van der Waals surface area contributed by atoms with Crippen LogP contribution in [0, 0.1) is 5.92 Å². The molecule has 1 unspecified atom stereocenters. The van der Waals surface area contributed by atoms with Gasteiger partial charge in [-0.2, -0.15) is 5.10 Å². The summed E-state index contributed by atoms with van der Waals surface area (Å²) in [7, 11) is 0. The van der Waals surface area contributed by atoms with E-state index < -0.39 is 0 Å². The lowest BCUT2D eigenvalue weighted by Crippen LogP contribution is -2.26. The first kappa shape index (κ1) is 10.9. The SMILES string of the molecule is CC(C)CC(CO)Nc1cccnn1. The normalized spacial score (nSPS) is 12.9. The number of aromatic nitrogens is 2. The average molecular weight is 195 g/mol. The van der Waals surface area contributed by atoms with Gasteiger partial charge in [0.1, 0.15) is 5.82 Å². The molecule has 4 nitrogen and oxygen atoms in total. The smallest absolute Gasteiger partial charge is 0.148 e. The molecule has 0 amide bonds. The zero-order valence-electron chi connectivity index (χ0n) is 8.64. The molecule has 1 aromatic heterocycles. The van der Waals surface area contributed by atoms with E-state index >= 15 is 0 Å². The van der Waals surface area contributed by atoms with Gasteiger partial charge in [0.25, 0.3) is 0 Å². The third kappa shape index (κ3) is 3.70. The third-order valence-electron chi connectivity index (χ3n) is 1.90. The highest BCUT2D eigenvalue weighted by Gasteiger charge is 2.09. The van der Waals surface area contributed by atoms with E-state index in [2.05, 4.69) is 29.4 Å². The van der Waals surface area contributed by atoms with Crippen LogP contribution in [-0.2, 0) is 0 Å². The van der Waals surface area contributed by atoms with E-state index in [4.69, 9.17) is 5.11 Å². The zero-order valence-corrected chi connectivity index (χ0v) is 8.64. The summed E-state index contributed by atoms with van der Waals surface area (Å²) in [4.78, 5) is 0. The van der Waals surface area contributed by atoms with E-state index in [1.165, 1.54) is 0 Å². The molecule has 4 heteroatoms. The topological polar surface area (TPSA) is 58.0 Å². The molecule has 0 bridgehead atoms. The molecule has 1 aromatic rings. The summed E-state index contributed by atoms with van der Waals surface area (Å²) in [6.45, 7) is 4.37. The first-order valence-corrected chi connectivity index (χ1v) is 4.87. The van der Waals surface area contributed by atoms with Crippen LogP contribution in [0.1, 0.15) is 20.3 Å². The van der Waals surface area contributed by atoms with Crippen LogP contribution in [-0.4, -0.2) is 28.0 Å². The van der Waals surface area contributed by atoms with Gasteiger partial charge in [0, 0.05) is 6.20 Å². The minimum Gasteiger partial charge on any atom is -0.394 e. The Hall–Kier alpha value is -1.16. The Morgan fingerprint density at radius 1 is 1.50 bits per heavy atom. The summed E-state index contributed by atoms with van der Waals surface area (Å²) in [6.07, 6.45) is 2.55. The predicted molar refractivity (Wildman–Crippen MR) is 56.0 cm³/mol. The van der Waals surface area contributed by atoms with E-state index in [1.807, 2.05) is 12.1 Å². The maximum Gasteiger partial charge on any atom is 0.148 e. The Bertz CT molecular complexity index is 251. The molecule has 1 atom stereocenters. The van der Waals surface area contributed by atoms with Crippen LogP contribution in [0.5, 0.6) is 0 Å². The number of nitrogens with one attached hydrogen (secondary N) is 1. The molecule has 0 radical (unpaired) electrons. The van der Waals surface area contributed by atoms with Crippen molar-refractivity contribution in [1.29, 1.82) is 0 Å². The van der Waals surface area contributed by atoms with Gasteiger partial charge in [0.2, 0.25) is 0 Å². The number of hydrogen-bond acceptors (Lipinski definition) is 4. The Morgan fingerprint density at radius 3 is 2.79 bits per heavy atom. The summed E-state index contributed by atoms with van der Waals surface area (Å²) in [5.41, 5.74) is 0. The molecule has 1 heterocycles. The quantitative estimate of drug-likeness (QED) is 0.743. The van der Waals surface area contributed by atoms with Crippen molar-refractivity contribution < 1.29 is 5.11 Å². The average Bonchev–Trinajstić information content (AvgIpc) is 2.17. The van der Waals surface area contributed by atoms with E-state index in [9.17, 15) is 0 Å². The summed E-state index contributed by atoms with van der Waals surface area (Å²) >= 11 is 0. The van der Waals surface area contributed by atoms with Crippen molar-refractivity contribution in [2.75, 3.05) is 11.9 Å². The molecule has 78 valence electrons. The lowest BCUT2D eigenvalue weighted by atomic mass is 10.0. The summed E-state index contributed by atoms with van der Waals surface area (Å²) in [5, 5.41) is 19.9. The molecular formula is C10H17N3O. The first-order valence-electron chi connectivity index (χ1n) is 4.87. The van der Waals surface area contributed by atoms with Crippen LogP contribution < -0.4 is 5.32 Å². The molecule has 2 N–H and O–H groups in total. The second-order valence-corrected chi connectivity index (χ2v) is 3.76. The molecule has 0 saturated carbocycles. The van der Waals surface area contributed by atoms with Crippen molar-refractivity contribution in [3.8, 4) is 0 Å². The third-order valence-corrected chi connectivity index (χ3v) is 1.90. The number of anilines is 1. The molecule has 0 spiro atoms. The van der Waals surface area contributed by atoms with Gasteiger partial charge in [0.05, 0.1) is 12.6 Å². The fourth-order valence-corrected chi connectivity index (χ4v) is 1.34. The van der Waals surface area contributed by atoms with Crippen LogP contribution in [0.4, 0.5) is 5.82 Å². The van der Waals surface area contributed by atoms with Gasteiger partial charge < -0.3 is 10.4 Å².